The van der Waals surface area contributed by atoms with Gasteiger partial charge in [0, 0.05) is 30.1 Å². The molecule has 130 valence electrons. The van der Waals surface area contributed by atoms with Crippen molar-refractivity contribution >= 4 is 5.91 Å². The maximum absolute atomic E-state index is 13.1. The van der Waals surface area contributed by atoms with Crippen molar-refractivity contribution in [1.29, 1.82) is 0 Å². The van der Waals surface area contributed by atoms with Crippen LogP contribution in [0.5, 0.6) is 11.6 Å². The van der Waals surface area contributed by atoms with Gasteiger partial charge < -0.3 is 9.64 Å². The van der Waals surface area contributed by atoms with Gasteiger partial charge in [-0.25, -0.2) is 4.98 Å². The van der Waals surface area contributed by atoms with E-state index in [4.69, 9.17) is 4.74 Å². The second-order valence-electron chi connectivity index (χ2n) is 6.28. The van der Waals surface area contributed by atoms with E-state index in [1.54, 1.807) is 24.5 Å². The van der Waals surface area contributed by atoms with Gasteiger partial charge in [0.15, 0.2) is 0 Å². The van der Waals surface area contributed by atoms with E-state index >= 15 is 0 Å². The number of hydrogen-bond acceptors (Lipinski definition) is 4. The van der Waals surface area contributed by atoms with Crippen LogP contribution < -0.4 is 4.74 Å². The Bertz CT molecular complexity index is 880. The van der Waals surface area contributed by atoms with E-state index in [0.717, 1.165) is 18.5 Å². The van der Waals surface area contributed by atoms with Gasteiger partial charge in [-0.2, -0.15) is 0 Å². The number of hydrogen-bond donors (Lipinski definition) is 0. The molecule has 4 rings (SSSR count). The second kappa shape index (κ2) is 7.35. The fourth-order valence-corrected chi connectivity index (χ4v) is 2.79. The number of carbonyl (C=O) groups excluding carboxylic acids is 1. The lowest BCUT2D eigenvalue weighted by Gasteiger charge is -2.22. The number of pyridine rings is 2. The first-order valence-corrected chi connectivity index (χ1v) is 8.69. The summed E-state index contributed by atoms with van der Waals surface area (Å²) in [6, 6.07) is 18.9. The zero-order chi connectivity index (χ0) is 17.8. The molecule has 1 aliphatic rings. The molecule has 1 saturated carbocycles. The number of amides is 1. The molecule has 2 aromatic heterocycles. The minimum absolute atomic E-state index is 0.0153. The van der Waals surface area contributed by atoms with Crippen LogP contribution in [-0.4, -0.2) is 26.8 Å². The van der Waals surface area contributed by atoms with Crippen molar-refractivity contribution in [2.45, 2.75) is 25.4 Å². The number of ether oxygens (including phenoxy) is 1. The summed E-state index contributed by atoms with van der Waals surface area (Å²) in [5.74, 6) is 1.09. The van der Waals surface area contributed by atoms with Crippen LogP contribution >= 0.6 is 0 Å². The highest BCUT2D eigenvalue weighted by Gasteiger charge is 2.33. The molecule has 0 bridgehead atoms. The summed E-state index contributed by atoms with van der Waals surface area (Å²) in [5.41, 5.74) is 1.47. The van der Waals surface area contributed by atoms with Crippen molar-refractivity contribution in [3.63, 3.8) is 0 Å². The Kier molecular flexibility index (Phi) is 4.60. The Morgan fingerprint density at radius 3 is 2.54 bits per heavy atom. The summed E-state index contributed by atoms with van der Waals surface area (Å²) < 4.78 is 5.75. The molecule has 26 heavy (non-hydrogen) atoms. The lowest BCUT2D eigenvalue weighted by molar-refractivity contribution is 0.0727. The molecule has 1 fully saturated rings. The highest BCUT2D eigenvalue weighted by atomic mass is 16.5. The zero-order valence-corrected chi connectivity index (χ0v) is 14.3. The normalized spacial score (nSPS) is 13.2. The summed E-state index contributed by atoms with van der Waals surface area (Å²) in [7, 11) is 0. The first-order chi connectivity index (χ1) is 12.8. The third-order valence-electron chi connectivity index (χ3n) is 4.25. The Labute approximate surface area is 152 Å². The van der Waals surface area contributed by atoms with Gasteiger partial charge in [-0.05, 0) is 43.2 Å². The Hall–Kier alpha value is -3.21. The van der Waals surface area contributed by atoms with Crippen molar-refractivity contribution in [2.75, 3.05) is 0 Å². The van der Waals surface area contributed by atoms with Crippen molar-refractivity contribution in [2.24, 2.45) is 0 Å². The number of benzene rings is 1. The molecule has 0 saturated heterocycles. The van der Waals surface area contributed by atoms with E-state index in [9.17, 15) is 4.79 Å². The number of para-hydroxylation sites is 1. The van der Waals surface area contributed by atoms with Gasteiger partial charge in [0.1, 0.15) is 5.75 Å². The lowest BCUT2D eigenvalue weighted by Crippen LogP contribution is -2.32. The van der Waals surface area contributed by atoms with E-state index in [-0.39, 0.29) is 11.9 Å². The summed E-state index contributed by atoms with van der Waals surface area (Å²) in [5, 5.41) is 0. The minimum Gasteiger partial charge on any atom is -0.439 e. The summed E-state index contributed by atoms with van der Waals surface area (Å²) in [6.45, 7) is 0.515. The molecule has 0 spiro atoms. The van der Waals surface area contributed by atoms with E-state index in [0.29, 0.717) is 23.7 Å². The van der Waals surface area contributed by atoms with E-state index in [1.165, 1.54) is 0 Å². The molecule has 1 aromatic carbocycles. The molecule has 0 atom stereocenters. The van der Waals surface area contributed by atoms with Gasteiger partial charge in [-0.1, -0.05) is 24.3 Å². The summed E-state index contributed by atoms with van der Waals surface area (Å²) in [6.07, 6.45) is 5.44. The standard InChI is InChI=1S/C21H19N3O2/c25-21(24(18-9-10-18)15-17-6-4-5-12-22-17)16-11-13-23-20(14-16)26-19-7-2-1-3-8-19/h1-8,11-14,18H,9-10,15H2. The topological polar surface area (TPSA) is 55.3 Å². The molecule has 1 aliphatic carbocycles. The largest absolute Gasteiger partial charge is 0.439 e. The smallest absolute Gasteiger partial charge is 0.254 e. The number of aromatic nitrogens is 2. The van der Waals surface area contributed by atoms with Crippen LogP contribution in [0.2, 0.25) is 0 Å². The minimum atomic E-state index is -0.0153. The van der Waals surface area contributed by atoms with Crippen LogP contribution in [0.25, 0.3) is 0 Å². The van der Waals surface area contributed by atoms with Gasteiger partial charge in [-0.3, -0.25) is 9.78 Å². The number of rotatable bonds is 6. The molecular formula is C21H19N3O2. The molecule has 5 heteroatoms. The molecule has 1 amide bonds. The zero-order valence-electron chi connectivity index (χ0n) is 14.3. The molecule has 0 unspecified atom stereocenters. The molecule has 3 aromatic rings. The predicted molar refractivity (Wildman–Crippen MR) is 97.9 cm³/mol. The number of nitrogens with zero attached hydrogens (tertiary/aromatic N) is 3. The quantitative estimate of drug-likeness (QED) is 0.676. The van der Waals surface area contributed by atoms with Gasteiger partial charge in [0.05, 0.1) is 12.2 Å². The molecular weight excluding hydrogens is 326 g/mol. The molecule has 0 N–H and O–H groups in total. The molecule has 2 heterocycles. The van der Waals surface area contributed by atoms with Crippen molar-refractivity contribution in [3.8, 4) is 11.6 Å². The SMILES string of the molecule is O=C(c1ccnc(Oc2ccccc2)c1)N(Cc1ccccn1)C1CC1. The average molecular weight is 345 g/mol. The predicted octanol–water partition coefficient (Wildman–Crippen LogP) is 4.07. The molecule has 0 aliphatic heterocycles. The summed E-state index contributed by atoms with van der Waals surface area (Å²) in [4.78, 5) is 23.5. The Balaban J connectivity index is 1.53. The Morgan fingerprint density at radius 1 is 1.00 bits per heavy atom. The van der Waals surface area contributed by atoms with Crippen molar-refractivity contribution in [3.05, 3.63) is 84.3 Å². The third-order valence-corrected chi connectivity index (χ3v) is 4.25. The van der Waals surface area contributed by atoms with Gasteiger partial charge in [0.25, 0.3) is 5.91 Å². The van der Waals surface area contributed by atoms with Crippen LogP contribution in [0.3, 0.4) is 0 Å². The molecule has 5 nitrogen and oxygen atoms in total. The van der Waals surface area contributed by atoms with E-state index < -0.39 is 0 Å². The maximum Gasteiger partial charge on any atom is 0.254 e. The van der Waals surface area contributed by atoms with Crippen LogP contribution in [0, 0.1) is 0 Å². The van der Waals surface area contributed by atoms with Crippen molar-refractivity contribution < 1.29 is 9.53 Å². The van der Waals surface area contributed by atoms with Crippen LogP contribution in [0.1, 0.15) is 28.9 Å². The Morgan fingerprint density at radius 2 is 1.81 bits per heavy atom. The van der Waals surface area contributed by atoms with Gasteiger partial charge in [-0.15, -0.1) is 0 Å². The van der Waals surface area contributed by atoms with E-state index in [2.05, 4.69) is 9.97 Å². The summed E-state index contributed by atoms with van der Waals surface area (Å²) >= 11 is 0. The van der Waals surface area contributed by atoms with E-state index in [1.807, 2.05) is 53.4 Å². The molecule has 0 radical (unpaired) electrons. The fourth-order valence-electron chi connectivity index (χ4n) is 2.79. The number of carbonyl (C=O) groups is 1. The highest BCUT2D eigenvalue weighted by Crippen LogP contribution is 2.30. The van der Waals surface area contributed by atoms with Gasteiger partial charge >= 0.3 is 0 Å². The van der Waals surface area contributed by atoms with Crippen LogP contribution in [-0.2, 0) is 6.54 Å². The maximum atomic E-state index is 13.1. The fraction of sp³-hybridized carbons (Fsp3) is 0.190. The lowest BCUT2D eigenvalue weighted by atomic mass is 10.2. The van der Waals surface area contributed by atoms with Gasteiger partial charge in [0.2, 0.25) is 5.88 Å². The third kappa shape index (κ3) is 3.88. The first-order valence-electron chi connectivity index (χ1n) is 8.69. The van der Waals surface area contributed by atoms with Crippen molar-refractivity contribution in [1.82, 2.24) is 14.9 Å². The second-order valence-corrected chi connectivity index (χ2v) is 6.28. The highest BCUT2D eigenvalue weighted by molar-refractivity contribution is 5.94. The average Bonchev–Trinajstić information content (AvgIpc) is 3.53. The monoisotopic (exact) mass is 345 g/mol. The van der Waals surface area contributed by atoms with Crippen LogP contribution in [0.15, 0.2) is 73.1 Å². The first kappa shape index (κ1) is 16.3. The van der Waals surface area contributed by atoms with Crippen LogP contribution in [0.4, 0.5) is 0 Å².